The van der Waals surface area contributed by atoms with Gasteiger partial charge >= 0.3 is 0 Å². The predicted molar refractivity (Wildman–Crippen MR) is 84.3 cm³/mol. The fraction of sp³-hybridized carbons (Fsp3) is 0.0588. The zero-order chi connectivity index (χ0) is 15.1. The van der Waals surface area contributed by atoms with Gasteiger partial charge in [0, 0.05) is 16.1 Å². The van der Waals surface area contributed by atoms with Crippen LogP contribution in [-0.4, -0.2) is 15.3 Å². The average molecular weight is 312 g/mol. The van der Waals surface area contributed by atoms with Crippen LogP contribution in [0.3, 0.4) is 0 Å². The monoisotopic (exact) mass is 311 g/mol. The van der Waals surface area contributed by atoms with E-state index < -0.39 is 0 Å². The highest BCUT2D eigenvalue weighted by molar-refractivity contribution is 6.31. The van der Waals surface area contributed by atoms with Crippen LogP contribution in [0.2, 0.25) is 5.02 Å². The number of aromatic nitrogens is 2. The maximum absolute atomic E-state index is 14.2. The summed E-state index contributed by atoms with van der Waals surface area (Å²) in [5, 5.41) is 0.589. The molecule has 0 atom stereocenters. The Kier molecular flexibility index (Phi) is 3.05. The van der Waals surface area contributed by atoms with E-state index in [0.29, 0.717) is 22.8 Å². The summed E-state index contributed by atoms with van der Waals surface area (Å²) in [4.78, 5) is 8.78. The van der Waals surface area contributed by atoms with Gasteiger partial charge < -0.3 is 4.57 Å². The van der Waals surface area contributed by atoms with Gasteiger partial charge in [-0.3, -0.25) is 4.99 Å². The van der Waals surface area contributed by atoms with Crippen molar-refractivity contribution in [2.24, 2.45) is 4.99 Å². The molecule has 4 rings (SSSR count). The summed E-state index contributed by atoms with van der Waals surface area (Å²) >= 11 is 6.15. The van der Waals surface area contributed by atoms with Gasteiger partial charge in [0.25, 0.3) is 0 Å². The molecular weight excluding hydrogens is 301 g/mol. The van der Waals surface area contributed by atoms with E-state index >= 15 is 0 Å². The number of aliphatic imine (C=N–C) groups is 1. The number of hydrogen-bond donors (Lipinski definition) is 0. The molecule has 0 saturated heterocycles. The highest BCUT2D eigenvalue weighted by atomic mass is 35.5. The summed E-state index contributed by atoms with van der Waals surface area (Å²) in [6.45, 7) is 0.440. The van der Waals surface area contributed by atoms with Crippen molar-refractivity contribution in [3.05, 3.63) is 82.6 Å². The molecule has 0 fully saturated rings. The van der Waals surface area contributed by atoms with Gasteiger partial charge in [0.1, 0.15) is 5.82 Å². The lowest BCUT2D eigenvalue weighted by Gasteiger charge is -2.12. The van der Waals surface area contributed by atoms with Crippen LogP contribution in [-0.2, 0) is 6.54 Å². The molecule has 1 aliphatic rings. The molecule has 0 unspecified atom stereocenters. The van der Waals surface area contributed by atoms with E-state index in [1.165, 1.54) is 6.07 Å². The van der Waals surface area contributed by atoms with Crippen LogP contribution in [0.25, 0.3) is 5.69 Å². The Bertz CT molecular complexity index is 898. The van der Waals surface area contributed by atoms with Crippen molar-refractivity contribution in [2.75, 3.05) is 0 Å². The lowest BCUT2D eigenvalue weighted by molar-refractivity contribution is 0.625. The molecule has 2 heterocycles. The Hall–Kier alpha value is -2.46. The third kappa shape index (κ3) is 2.04. The summed E-state index contributed by atoms with van der Waals surface area (Å²) in [7, 11) is 0. The molecular formula is C17H11ClFN3. The number of rotatable bonds is 1. The topological polar surface area (TPSA) is 30.2 Å². The van der Waals surface area contributed by atoms with Gasteiger partial charge in [0.05, 0.1) is 36.2 Å². The smallest absolute Gasteiger partial charge is 0.132 e. The molecule has 3 aromatic rings. The van der Waals surface area contributed by atoms with Gasteiger partial charge in [-0.05, 0) is 30.3 Å². The van der Waals surface area contributed by atoms with Crippen molar-refractivity contribution in [2.45, 2.75) is 6.54 Å². The van der Waals surface area contributed by atoms with Crippen molar-refractivity contribution in [1.82, 2.24) is 9.55 Å². The zero-order valence-electron chi connectivity index (χ0n) is 11.5. The molecule has 2 aromatic carbocycles. The molecule has 0 amide bonds. The van der Waals surface area contributed by atoms with Gasteiger partial charge in [-0.25, -0.2) is 9.37 Å². The van der Waals surface area contributed by atoms with Gasteiger partial charge in [-0.2, -0.15) is 0 Å². The van der Waals surface area contributed by atoms with Crippen molar-refractivity contribution < 1.29 is 4.39 Å². The zero-order valence-corrected chi connectivity index (χ0v) is 12.3. The molecule has 0 bridgehead atoms. The molecule has 5 heteroatoms. The van der Waals surface area contributed by atoms with Crippen LogP contribution in [0.5, 0.6) is 0 Å². The Morgan fingerprint density at radius 1 is 1.09 bits per heavy atom. The normalized spacial score (nSPS) is 13.1. The van der Waals surface area contributed by atoms with Crippen LogP contribution in [0.1, 0.15) is 16.8 Å². The van der Waals surface area contributed by atoms with E-state index in [-0.39, 0.29) is 5.82 Å². The van der Waals surface area contributed by atoms with Gasteiger partial charge in [0.2, 0.25) is 0 Å². The summed E-state index contributed by atoms with van der Waals surface area (Å²) in [6, 6.07) is 12.2. The molecule has 0 N–H and O–H groups in total. The highest BCUT2D eigenvalue weighted by Crippen LogP contribution is 2.28. The molecule has 1 aromatic heterocycles. The molecule has 108 valence electrons. The van der Waals surface area contributed by atoms with Crippen molar-refractivity contribution in [3.63, 3.8) is 0 Å². The number of benzene rings is 2. The van der Waals surface area contributed by atoms with E-state index in [1.807, 2.05) is 22.8 Å². The highest BCUT2D eigenvalue weighted by Gasteiger charge is 2.20. The van der Waals surface area contributed by atoms with E-state index in [2.05, 4.69) is 9.98 Å². The van der Waals surface area contributed by atoms with E-state index in [4.69, 9.17) is 11.6 Å². The van der Waals surface area contributed by atoms with Gasteiger partial charge in [-0.15, -0.1) is 0 Å². The first-order chi connectivity index (χ1) is 10.7. The summed E-state index contributed by atoms with van der Waals surface area (Å²) in [5.74, 6) is -0.295. The van der Waals surface area contributed by atoms with Crippen LogP contribution in [0.4, 0.5) is 4.39 Å². The van der Waals surface area contributed by atoms with Crippen molar-refractivity contribution in [3.8, 4) is 5.69 Å². The number of fused-ring (bicyclic) bond motifs is 3. The molecule has 3 nitrogen and oxygen atoms in total. The molecule has 0 spiro atoms. The predicted octanol–water partition coefficient (Wildman–Crippen LogP) is 4.02. The summed E-state index contributed by atoms with van der Waals surface area (Å²) < 4.78 is 16.2. The Labute approximate surface area is 131 Å². The largest absolute Gasteiger partial charge is 0.301 e. The number of nitrogens with zero attached hydrogens (tertiary/aromatic N) is 3. The van der Waals surface area contributed by atoms with E-state index in [0.717, 1.165) is 16.9 Å². The molecule has 0 aliphatic carbocycles. The second kappa shape index (κ2) is 5.07. The van der Waals surface area contributed by atoms with E-state index in [9.17, 15) is 4.39 Å². The van der Waals surface area contributed by atoms with Gasteiger partial charge in [-0.1, -0.05) is 23.7 Å². The fourth-order valence-electron chi connectivity index (χ4n) is 2.69. The second-order valence-electron chi connectivity index (χ2n) is 5.06. The van der Waals surface area contributed by atoms with Crippen LogP contribution in [0, 0.1) is 5.82 Å². The quantitative estimate of drug-likeness (QED) is 0.667. The second-order valence-corrected chi connectivity index (χ2v) is 5.50. The maximum Gasteiger partial charge on any atom is 0.132 e. The Morgan fingerprint density at radius 2 is 1.95 bits per heavy atom. The first kappa shape index (κ1) is 13.2. The van der Waals surface area contributed by atoms with Crippen LogP contribution < -0.4 is 0 Å². The molecule has 1 aliphatic heterocycles. The minimum atomic E-state index is -0.295. The number of hydrogen-bond acceptors (Lipinski definition) is 2. The van der Waals surface area contributed by atoms with Crippen LogP contribution in [0.15, 0.2) is 60.0 Å². The first-order valence-electron chi connectivity index (χ1n) is 6.85. The standard InChI is InChI=1S/C17H11ClFN3/c18-11-5-6-16-14(7-11)17(13-3-1-2-4-15(13)19)21-9-12-8-20-10-22(12)16/h1-8,10H,9H2. The Balaban J connectivity index is 2.01. The third-order valence-corrected chi connectivity index (χ3v) is 3.95. The Morgan fingerprint density at radius 3 is 2.82 bits per heavy atom. The maximum atomic E-state index is 14.2. The molecule has 0 saturated carbocycles. The minimum absolute atomic E-state index is 0.295. The van der Waals surface area contributed by atoms with Crippen molar-refractivity contribution >= 4 is 17.3 Å². The number of halogens is 2. The third-order valence-electron chi connectivity index (χ3n) is 3.72. The summed E-state index contributed by atoms with van der Waals surface area (Å²) in [5.41, 5.74) is 3.74. The molecule has 22 heavy (non-hydrogen) atoms. The lowest BCUT2D eigenvalue weighted by atomic mass is 10.00. The SMILES string of the molecule is Fc1ccccc1C1=NCc2cncn2-c2ccc(Cl)cc21. The summed E-state index contributed by atoms with van der Waals surface area (Å²) in [6.07, 6.45) is 3.51. The number of imidazole rings is 1. The minimum Gasteiger partial charge on any atom is -0.301 e. The van der Waals surface area contributed by atoms with Gasteiger partial charge in [0.15, 0.2) is 0 Å². The van der Waals surface area contributed by atoms with Crippen molar-refractivity contribution in [1.29, 1.82) is 0 Å². The lowest BCUT2D eigenvalue weighted by Crippen LogP contribution is -2.08. The van der Waals surface area contributed by atoms with Crippen LogP contribution >= 0.6 is 11.6 Å². The molecule has 0 radical (unpaired) electrons. The first-order valence-corrected chi connectivity index (χ1v) is 7.23. The van der Waals surface area contributed by atoms with E-state index in [1.54, 1.807) is 30.7 Å². The average Bonchev–Trinajstić information content (AvgIpc) is 2.92. The fourth-order valence-corrected chi connectivity index (χ4v) is 2.87.